The molecule has 0 unspecified atom stereocenters. The second kappa shape index (κ2) is 46.2. The molecule has 6 aliphatic rings. The summed E-state index contributed by atoms with van der Waals surface area (Å²) in [6, 6.07) is 0. The molecule has 6 nitrogen and oxygen atoms in total. The Balaban J connectivity index is 0.865. The number of fused-ring (bicyclic) bond motifs is 11. The van der Waals surface area contributed by atoms with E-state index in [1.807, 2.05) is 0 Å². The molecule has 10 bridgehead atoms. The highest BCUT2D eigenvalue weighted by atomic mass is 16.5. The van der Waals surface area contributed by atoms with Gasteiger partial charge in [0.2, 0.25) is 0 Å². The molecule has 0 spiro atoms. The first kappa shape index (κ1) is 80.7. The van der Waals surface area contributed by atoms with Gasteiger partial charge in [0.1, 0.15) is 12.2 Å². The molecule has 6 rings (SSSR count). The fourth-order valence-corrected chi connectivity index (χ4v) is 20.2. The Bertz CT molecular complexity index is 1790. The van der Waals surface area contributed by atoms with Crippen molar-refractivity contribution in [3.05, 3.63) is 0 Å². The first-order chi connectivity index (χ1) is 44.5. The van der Waals surface area contributed by atoms with Gasteiger partial charge < -0.3 is 29.2 Å². The number of hydrogen-bond acceptors (Lipinski definition) is 6. The van der Waals surface area contributed by atoms with E-state index in [1.54, 1.807) is 0 Å². The minimum Gasteiger partial charge on any atom is -0.394 e. The molecular weight excluding hydrogens is 1130 g/mol. The summed E-state index contributed by atoms with van der Waals surface area (Å²) in [7, 11) is 0. The maximum atomic E-state index is 10.1. The van der Waals surface area contributed by atoms with E-state index in [4.69, 9.17) is 18.9 Å². The molecule has 92 heavy (non-hydrogen) atoms. The van der Waals surface area contributed by atoms with Crippen LogP contribution in [0.2, 0.25) is 0 Å². The molecule has 0 aromatic rings. The molecule has 1 saturated heterocycles. The summed E-state index contributed by atoms with van der Waals surface area (Å²) in [5, 5.41) is 20.2. The van der Waals surface area contributed by atoms with Crippen molar-refractivity contribution in [2.45, 2.75) is 377 Å². The highest BCUT2D eigenvalue weighted by Gasteiger charge is 2.39. The van der Waals surface area contributed by atoms with Crippen LogP contribution in [0.15, 0.2) is 0 Å². The summed E-state index contributed by atoms with van der Waals surface area (Å²) in [6.07, 6.45) is 62.7. The van der Waals surface area contributed by atoms with Gasteiger partial charge in [-0.05, 0) is 214 Å². The Hall–Kier alpha value is -0.240. The van der Waals surface area contributed by atoms with Crippen molar-refractivity contribution in [3.63, 3.8) is 0 Å². The van der Waals surface area contributed by atoms with Gasteiger partial charge >= 0.3 is 0 Å². The van der Waals surface area contributed by atoms with Gasteiger partial charge in [-0.2, -0.15) is 0 Å². The van der Waals surface area contributed by atoms with Gasteiger partial charge in [-0.1, -0.05) is 269 Å². The minimum absolute atomic E-state index is 0.0522. The molecule has 22 atom stereocenters. The standard InChI is InChI=1S/C86H162O6/c1-65-20-12-27-72(8)79-41-38-76(57-79)31-17-25-70(6)48-54-91-84(61-87)63-89-52-46-68(4)23-15-30-75-37-43-81(56-75)74(10)29-14-22-67(3)45-51-86(11)50-19-34-83(60-86)82-44-40-78(59-82)33-16-24-69(5)47-53-90-64-85(62-88)92-55-49-71(7)26-18-32-77-39-42-80(58-77)73(9)28-13-21-66(2)36-35-65/h65-85,87-88H,12-64H2,1-11H3/t65-,66-,67-,68+,69+,70+,71+,72+,73+,74+,75-,76-,77-,78-,79-,80-,81-,82-,83-,84+,85+,86-/m0/s1. The SMILES string of the molecule is C[C@@H]1CCC[C@H]2CC[C@@H](C2)[C@H]2CCC[C@@](C)(CC[C@@H](C)CCC[C@@H](C)[C@H]3CC[C@H](CCC[C@@H](C)CCOC[C@@H](CO)OCC[C@H](C)CCC[C@H]4CC[C@@H](C4)[C@H](C)CCC[C@H](C)CC[C@@H](C)CCC[C@@H](C)[C@H]4CC[C@H](CCC[C@@H](C)CCO[C@H](CO)COCC1)C4)C3)C2. The number of rotatable bonds is 2. The average Bonchev–Trinajstić information content (AvgIpc) is 1.52. The monoisotopic (exact) mass is 1290 g/mol. The molecule has 0 amide bonds. The van der Waals surface area contributed by atoms with E-state index in [-0.39, 0.29) is 25.4 Å². The van der Waals surface area contributed by atoms with Crippen LogP contribution in [0.3, 0.4) is 0 Å². The van der Waals surface area contributed by atoms with Crippen molar-refractivity contribution >= 4 is 0 Å². The van der Waals surface area contributed by atoms with Crippen molar-refractivity contribution < 1.29 is 29.2 Å². The van der Waals surface area contributed by atoms with Crippen molar-refractivity contribution in [2.24, 2.45) is 118 Å². The highest BCUT2D eigenvalue weighted by Crippen LogP contribution is 2.51. The molecule has 5 saturated carbocycles. The third-order valence-electron chi connectivity index (χ3n) is 27.7. The van der Waals surface area contributed by atoms with Crippen LogP contribution in [-0.4, -0.2) is 75.3 Å². The summed E-state index contributed by atoms with van der Waals surface area (Å²) < 4.78 is 24.7. The molecule has 1 heterocycles. The first-order valence-electron chi connectivity index (χ1n) is 42.1. The third kappa shape index (κ3) is 32.8. The van der Waals surface area contributed by atoms with Crippen molar-refractivity contribution in [1.82, 2.24) is 0 Å². The zero-order valence-electron chi connectivity index (χ0n) is 63.6. The Labute approximate surface area is 574 Å². The van der Waals surface area contributed by atoms with Crippen molar-refractivity contribution in [1.29, 1.82) is 0 Å². The molecular formula is C86H162O6. The lowest BCUT2D eigenvalue weighted by Gasteiger charge is -2.41. The van der Waals surface area contributed by atoms with Crippen LogP contribution in [0.25, 0.3) is 0 Å². The van der Waals surface area contributed by atoms with E-state index in [2.05, 4.69) is 76.2 Å². The predicted molar refractivity (Wildman–Crippen MR) is 394 cm³/mol. The second-order valence-corrected chi connectivity index (χ2v) is 36.4. The predicted octanol–water partition coefficient (Wildman–Crippen LogP) is 24.3. The van der Waals surface area contributed by atoms with E-state index in [1.165, 1.54) is 263 Å². The van der Waals surface area contributed by atoms with Gasteiger partial charge in [0.05, 0.1) is 26.4 Å². The van der Waals surface area contributed by atoms with E-state index >= 15 is 0 Å². The number of hydrogen-bond donors (Lipinski definition) is 2. The highest BCUT2D eigenvalue weighted by molar-refractivity contribution is 4.90. The fraction of sp³-hybridized carbons (Fsp3) is 1.00. The maximum absolute atomic E-state index is 10.1. The van der Waals surface area contributed by atoms with E-state index in [0.717, 1.165) is 141 Å². The molecule has 0 aromatic heterocycles. The summed E-state index contributed by atoms with van der Waals surface area (Å²) in [5.41, 5.74) is 0.569. The lowest BCUT2D eigenvalue weighted by Crippen LogP contribution is -2.29. The minimum atomic E-state index is -0.195. The largest absolute Gasteiger partial charge is 0.394 e. The van der Waals surface area contributed by atoms with Crippen LogP contribution in [0.4, 0.5) is 0 Å². The molecule has 5 aliphatic carbocycles. The van der Waals surface area contributed by atoms with E-state index in [0.29, 0.717) is 42.3 Å². The number of aliphatic hydroxyl groups is 2. The second-order valence-electron chi connectivity index (χ2n) is 36.4. The summed E-state index contributed by atoms with van der Waals surface area (Å²) in [4.78, 5) is 0. The molecule has 0 aromatic carbocycles. The maximum Gasteiger partial charge on any atom is 0.104 e. The van der Waals surface area contributed by atoms with Crippen LogP contribution in [0.5, 0.6) is 0 Å². The van der Waals surface area contributed by atoms with E-state index < -0.39 is 0 Å². The Morgan fingerprint density at radius 2 is 0.598 bits per heavy atom. The molecule has 6 fully saturated rings. The zero-order valence-corrected chi connectivity index (χ0v) is 63.6. The van der Waals surface area contributed by atoms with Crippen LogP contribution < -0.4 is 0 Å². The topological polar surface area (TPSA) is 77.4 Å². The van der Waals surface area contributed by atoms with Crippen molar-refractivity contribution in [3.8, 4) is 0 Å². The Kier molecular flexibility index (Phi) is 40.6. The van der Waals surface area contributed by atoms with Gasteiger partial charge in [-0.15, -0.1) is 0 Å². The molecule has 6 heteroatoms. The molecule has 1 aliphatic heterocycles. The normalized spacial score (nSPS) is 41.8. The number of aliphatic hydroxyl groups excluding tert-OH is 2. The van der Waals surface area contributed by atoms with Gasteiger partial charge in [-0.3, -0.25) is 0 Å². The van der Waals surface area contributed by atoms with Gasteiger partial charge in [0.15, 0.2) is 0 Å². The third-order valence-corrected chi connectivity index (χ3v) is 27.7. The first-order valence-corrected chi connectivity index (χ1v) is 42.1. The van der Waals surface area contributed by atoms with E-state index in [9.17, 15) is 10.2 Å². The molecule has 2 N–H and O–H groups in total. The lowest BCUT2D eigenvalue weighted by molar-refractivity contribution is -0.0471. The van der Waals surface area contributed by atoms with Crippen LogP contribution in [0, 0.1) is 118 Å². The smallest absolute Gasteiger partial charge is 0.104 e. The number of ether oxygens (including phenoxy) is 4. The molecule has 0 radical (unpaired) electrons. The Morgan fingerprint density at radius 1 is 0.283 bits per heavy atom. The zero-order chi connectivity index (χ0) is 65.9. The van der Waals surface area contributed by atoms with Crippen LogP contribution >= 0.6 is 0 Å². The lowest BCUT2D eigenvalue weighted by atomic mass is 9.64. The average molecular weight is 1290 g/mol. The quantitative estimate of drug-likeness (QED) is 0.287. The van der Waals surface area contributed by atoms with Gasteiger partial charge in [0.25, 0.3) is 0 Å². The summed E-state index contributed by atoms with van der Waals surface area (Å²) in [6.45, 7) is 32.0. The fourth-order valence-electron chi connectivity index (χ4n) is 20.2. The molecule has 542 valence electrons. The summed E-state index contributed by atoms with van der Waals surface area (Å²) in [5.74, 6) is 16.6. The van der Waals surface area contributed by atoms with Crippen LogP contribution in [0.1, 0.15) is 365 Å². The van der Waals surface area contributed by atoms with Gasteiger partial charge in [-0.25, -0.2) is 0 Å². The van der Waals surface area contributed by atoms with Crippen molar-refractivity contribution in [2.75, 3.05) is 52.9 Å². The van der Waals surface area contributed by atoms with Crippen LogP contribution in [-0.2, 0) is 18.9 Å². The Morgan fingerprint density at radius 3 is 0.967 bits per heavy atom. The van der Waals surface area contributed by atoms with Gasteiger partial charge in [0, 0.05) is 26.4 Å². The summed E-state index contributed by atoms with van der Waals surface area (Å²) >= 11 is 0.